The Morgan fingerprint density at radius 3 is 2.58 bits per heavy atom. The zero-order chi connectivity index (χ0) is 23.7. The summed E-state index contributed by atoms with van der Waals surface area (Å²) in [7, 11) is 0. The number of nitriles is 1. The van der Waals surface area contributed by atoms with Crippen molar-refractivity contribution in [3.8, 4) is 6.07 Å². The van der Waals surface area contributed by atoms with E-state index in [0.717, 1.165) is 42.9 Å². The molecule has 9 heteroatoms. The first-order valence-corrected chi connectivity index (χ1v) is 12.4. The van der Waals surface area contributed by atoms with Crippen LogP contribution < -0.4 is 10.5 Å². The molecule has 6 nitrogen and oxygen atoms in total. The van der Waals surface area contributed by atoms with Gasteiger partial charge >= 0.3 is 0 Å². The number of anilines is 1. The van der Waals surface area contributed by atoms with E-state index in [2.05, 4.69) is 11.0 Å². The Labute approximate surface area is 207 Å². The number of aromatic nitrogens is 1. The van der Waals surface area contributed by atoms with Crippen molar-refractivity contribution in [3.05, 3.63) is 66.8 Å². The highest BCUT2D eigenvalue weighted by atomic mass is 35.5. The van der Waals surface area contributed by atoms with Crippen LogP contribution in [-0.4, -0.2) is 32.8 Å². The van der Waals surface area contributed by atoms with Crippen LogP contribution in [0.3, 0.4) is 0 Å². The third kappa shape index (κ3) is 4.33. The predicted octanol–water partition coefficient (Wildman–Crippen LogP) is 4.70. The van der Waals surface area contributed by atoms with E-state index >= 15 is 0 Å². The largest absolute Gasteiger partial charge is 0.357 e. The molecule has 2 aliphatic heterocycles. The first kappa shape index (κ1) is 23.6. The summed E-state index contributed by atoms with van der Waals surface area (Å²) in [5, 5.41) is 10.3. The lowest BCUT2D eigenvalue weighted by Gasteiger charge is -2.26. The van der Waals surface area contributed by atoms with E-state index in [-0.39, 0.29) is 23.6 Å². The molecule has 3 heterocycles. The fraction of sp³-hybridized carbons (Fsp3) is 0.333. The Balaban J connectivity index is 1.81. The molecular formula is C24H23ClN4O2S2. The van der Waals surface area contributed by atoms with Crippen molar-refractivity contribution in [1.82, 2.24) is 9.47 Å². The summed E-state index contributed by atoms with van der Waals surface area (Å²) < 4.78 is 2.10. The van der Waals surface area contributed by atoms with E-state index in [0.29, 0.717) is 26.4 Å². The van der Waals surface area contributed by atoms with Crippen molar-refractivity contribution in [3.63, 3.8) is 0 Å². The second-order valence-corrected chi connectivity index (χ2v) is 10.0. The number of thioether (sulfide) groups is 1. The van der Waals surface area contributed by atoms with Crippen molar-refractivity contribution in [2.24, 2.45) is 0 Å². The highest BCUT2D eigenvalue weighted by Gasteiger charge is 2.34. The average molecular weight is 499 g/mol. The van der Waals surface area contributed by atoms with Crippen LogP contribution >= 0.6 is 35.6 Å². The summed E-state index contributed by atoms with van der Waals surface area (Å²) >= 11 is 13.0. The van der Waals surface area contributed by atoms with Gasteiger partial charge in [-0.1, -0.05) is 53.8 Å². The number of nitrogens with zero attached hydrogens (tertiary/aromatic N) is 4. The van der Waals surface area contributed by atoms with Crippen LogP contribution in [0.25, 0.3) is 6.08 Å². The number of carbonyl (C=O) groups excluding carboxylic acids is 1. The van der Waals surface area contributed by atoms with Gasteiger partial charge in [-0.3, -0.25) is 19.1 Å². The third-order valence-corrected chi connectivity index (χ3v) is 7.75. The number of hydrogen-bond acceptors (Lipinski definition) is 6. The van der Waals surface area contributed by atoms with Crippen LogP contribution in [-0.2, 0) is 17.9 Å². The average Bonchev–Trinajstić information content (AvgIpc) is 3.41. The third-order valence-electron chi connectivity index (χ3n) is 6.00. The Hall–Kier alpha value is -2.60. The quantitative estimate of drug-likeness (QED) is 0.439. The number of halogens is 1. The maximum Gasteiger partial charge on any atom is 0.270 e. The molecular weight excluding hydrogens is 476 g/mol. The molecule has 1 aromatic carbocycles. The topological polar surface area (TPSA) is 69.3 Å². The van der Waals surface area contributed by atoms with Gasteiger partial charge in [-0.05, 0) is 50.0 Å². The van der Waals surface area contributed by atoms with Crippen LogP contribution in [0.5, 0.6) is 0 Å². The van der Waals surface area contributed by atoms with Gasteiger partial charge in [0.1, 0.15) is 21.8 Å². The van der Waals surface area contributed by atoms with E-state index in [1.165, 1.54) is 11.8 Å². The van der Waals surface area contributed by atoms with Crippen molar-refractivity contribution >= 4 is 57.7 Å². The smallest absolute Gasteiger partial charge is 0.270 e. The molecule has 0 N–H and O–H groups in total. The lowest BCUT2D eigenvalue weighted by atomic mass is 10.0. The molecule has 1 aromatic heterocycles. The fourth-order valence-electron chi connectivity index (χ4n) is 4.27. The number of carbonyl (C=O) groups is 1. The molecule has 0 bridgehead atoms. The zero-order valence-corrected chi connectivity index (χ0v) is 20.8. The van der Waals surface area contributed by atoms with Crippen molar-refractivity contribution < 1.29 is 4.79 Å². The van der Waals surface area contributed by atoms with Gasteiger partial charge in [0.05, 0.1) is 11.4 Å². The van der Waals surface area contributed by atoms with Crippen LogP contribution in [0.1, 0.15) is 42.0 Å². The molecule has 2 fully saturated rings. The predicted molar refractivity (Wildman–Crippen MR) is 137 cm³/mol. The number of pyridine rings is 1. The fourth-order valence-corrected chi connectivity index (χ4v) is 5.70. The highest BCUT2D eigenvalue weighted by molar-refractivity contribution is 8.26. The number of thiocarbonyl (C=S) groups is 1. The lowest BCUT2D eigenvalue weighted by Crippen LogP contribution is -2.32. The van der Waals surface area contributed by atoms with Crippen molar-refractivity contribution in [2.45, 2.75) is 39.8 Å². The minimum Gasteiger partial charge on any atom is -0.357 e. The second-order valence-electron chi connectivity index (χ2n) is 7.95. The summed E-state index contributed by atoms with van der Waals surface area (Å²) in [6, 6.07) is 9.44. The van der Waals surface area contributed by atoms with Crippen molar-refractivity contribution in [2.75, 3.05) is 18.0 Å². The molecule has 0 saturated carbocycles. The van der Waals surface area contributed by atoms with Gasteiger partial charge in [-0.15, -0.1) is 0 Å². The van der Waals surface area contributed by atoms with Crippen LogP contribution in [0.15, 0.2) is 34.0 Å². The second kappa shape index (κ2) is 9.72. The van der Waals surface area contributed by atoms with Crippen molar-refractivity contribution in [1.29, 1.82) is 5.26 Å². The summed E-state index contributed by atoms with van der Waals surface area (Å²) in [6.07, 6.45) is 3.87. The maximum absolute atomic E-state index is 13.3. The molecule has 170 valence electrons. The van der Waals surface area contributed by atoms with Gasteiger partial charge < -0.3 is 4.90 Å². The Kier molecular flexibility index (Phi) is 6.94. The minimum absolute atomic E-state index is 0.109. The molecule has 4 rings (SSSR count). The van der Waals surface area contributed by atoms with Crippen LogP contribution in [0.2, 0.25) is 5.02 Å². The summed E-state index contributed by atoms with van der Waals surface area (Å²) in [5.41, 5.74) is 1.95. The monoisotopic (exact) mass is 498 g/mol. The Morgan fingerprint density at radius 2 is 1.94 bits per heavy atom. The van der Waals surface area contributed by atoms with Gasteiger partial charge in [0, 0.05) is 30.2 Å². The summed E-state index contributed by atoms with van der Waals surface area (Å²) in [4.78, 5) is 30.5. The lowest BCUT2D eigenvalue weighted by molar-refractivity contribution is -0.122. The van der Waals surface area contributed by atoms with Gasteiger partial charge in [-0.2, -0.15) is 5.26 Å². The van der Waals surface area contributed by atoms with Gasteiger partial charge in [0.2, 0.25) is 0 Å². The number of amides is 1. The molecule has 2 aliphatic rings. The van der Waals surface area contributed by atoms with Gasteiger partial charge in [-0.25, -0.2) is 0 Å². The van der Waals surface area contributed by atoms with E-state index < -0.39 is 0 Å². The Bertz CT molecular complexity index is 1270. The van der Waals surface area contributed by atoms with E-state index in [1.54, 1.807) is 28.5 Å². The van der Waals surface area contributed by atoms with E-state index in [4.69, 9.17) is 23.8 Å². The molecule has 0 radical (unpaired) electrons. The Morgan fingerprint density at radius 1 is 1.24 bits per heavy atom. The van der Waals surface area contributed by atoms with E-state index in [1.807, 2.05) is 25.1 Å². The van der Waals surface area contributed by atoms with Crippen LogP contribution in [0, 0.1) is 18.3 Å². The standard InChI is InChI=1S/C24H23ClN4O2S2/c1-3-28-21(27-10-6-7-11-27)17(15(2)18(13-26)22(28)30)12-20-23(31)29(24(32)33-20)14-16-8-4-5-9-19(16)25/h4-5,8-9,12H,3,6-7,10-11,14H2,1-2H3/b20-12+. The van der Waals surface area contributed by atoms with E-state index in [9.17, 15) is 14.9 Å². The zero-order valence-electron chi connectivity index (χ0n) is 18.4. The number of hydrogen-bond donors (Lipinski definition) is 0. The number of benzene rings is 1. The molecule has 0 spiro atoms. The highest BCUT2D eigenvalue weighted by Crippen LogP contribution is 2.37. The molecule has 0 aliphatic carbocycles. The molecule has 2 aromatic rings. The summed E-state index contributed by atoms with van der Waals surface area (Å²) in [5.74, 6) is 0.567. The molecule has 0 atom stereocenters. The minimum atomic E-state index is -0.289. The SMILES string of the molecule is CCn1c(N2CCCC2)c(/C=C2/SC(=S)N(Cc3ccccc3Cl)C2=O)c(C)c(C#N)c1=O. The molecule has 1 amide bonds. The first-order valence-electron chi connectivity index (χ1n) is 10.8. The molecule has 0 unspecified atom stereocenters. The first-order chi connectivity index (χ1) is 15.9. The molecule has 33 heavy (non-hydrogen) atoms. The number of rotatable bonds is 5. The maximum atomic E-state index is 13.3. The normalized spacial score (nSPS) is 17.3. The van der Waals surface area contributed by atoms with Gasteiger partial charge in [0.15, 0.2) is 0 Å². The molecule has 2 saturated heterocycles. The van der Waals surface area contributed by atoms with Gasteiger partial charge in [0.25, 0.3) is 11.5 Å². The van der Waals surface area contributed by atoms with Crippen LogP contribution in [0.4, 0.5) is 5.82 Å². The summed E-state index contributed by atoms with van der Waals surface area (Å²) in [6.45, 7) is 6.06.